The molecule has 0 saturated heterocycles. The Hall–Kier alpha value is -1.95. The minimum atomic E-state index is -0.502. The van der Waals surface area contributed by atoms with E-state index in [9.17, 15) is 14.9 Å². The molecule has 0 aliphatic carbocycles. The zero-order valence-electron chi connectivity index (χ0n) is 8.88. The summed E-state index contributed by atoms with van der Waals surface area (Å²) in [5.74, 6) is -0.0993. The molecule has 2 rings (SSSR count). The molecule has 0 fully saturated rings. The third-order valence-electron chi connectivity index (χ3n) is 2.28. The number of non-ortho nitro benzene ring substituents is 1. The smallest absolute Gasteiger partial charge is 0.271 e. The van der Waals surface area contributed by atoms with Crippen LogP contribution in [0.2, 0.25) is 5.28 Å². The van der Waals surface area contributed by atoms with E-state index < -0.39 is 4.92 Å². The van der Waals surface area contributed by atoms with Crippen LogP contribution in [0.15, 0.2) is 18.2 Å². The van der Waals surface area contributed by atoms with Gasteiger partial charge in [-0.2, -0.15) is 0 Å². The molecule has 0 aliphatic heterocycles. The second-order valence-corrected chi connectivity index (χ2v) is 3.94. The number of halogens is 1. The lowest BCUT2D eigenvalue weighted by molar-refractivity contribution is -0.384. The SMILES string of the molecule is CC(=O)Cn1c(Cl)nc2ccc([N+](=O)[O-])cc21. The largest absolute Gasteiger partial charge is 0.307 e. The van der Waals surface area contributed by atoms with Gasteiger partial charge in [-0.3, -0.25) is 14.9 Å². The van der Waals surface area contributed by atoms with E-state index in [4.69, 9.17) is 11.6 Å². The van der Waals surface area contributed by atoms with Crippen LogP contribution >= 0.6 is 11.6 Å². The zero-order valence-corrected chi connectivity index (χ0v) is 9.64. The van der Waals surface area contributed by atoms with E-state index in [1.54, 1.807) is 0 Å². The van der Waals surface area contributed by atoms with Crippen molar-refractivity contribution in [1.82, 2.24) is 9.55 Å². The van der Waals surface area contributed by atoms with Gasteiger partial charge in [0.1, 0.15) is 5.78 Å². The molecule has 0 aliphatic rings. The first-order chi connectivity index (χ1) is 7.99. The van der Waals surface area contributed by atoms with E-state index in [2.05, 4.69) is 4.98 Å². The van der Waals surface area contributed by atoms with E-state index in [0.29, 0.717) is 11.0 Å². The maximum absolute atomic E-state index is 11.1. The molecule has 0 bridgehead atoms. The summed E-state index contributed by atoms with van der Waals surface area (Å²) in [6, 6.07) is 4.22. The first-order valence-electron chi connectivity index (χ1n) is 4.78. The number of hydrogen-bond acceptors (Lipinski definition) is 4. The number of aromatic nitrogens is 2. The monoisotopic (exact) mass is 253 g/mol. The van der Waals surface area contributed by atoms with Crippen molar-refractivity contribution in [1.29, 1.82) is 0 Å². The van der Waals surface area contributed by atoms with E-state index in [1.165, 1.54) is 29.7 Å². The Kier molecular flexibility index (Phi) is 2.81. The predicted molar refractivity (Wildman–Crippen MR) is 62.1 cm³/mol. The summed E-state index contributed by atoms with van der Waals surface area (Å²) in [5.41, 5.74) is 0.958. The second-order valence-electron chi connectivity index (χ2n) is 3.60. The van der Waals surface area contributed by atoms with Crippen molar-refractivity contribution in [3.05, 3.63) is 33.6 Å². The van der Waals surface area contributed by atoms with Gasteiger partial charge in [0.2, 0.25) is 5.28 Å². The van der Waals surface area contributed by atoms with Crippen molar-refractivity contribution in [2.45, 2.75) is 13.5 Å². The van der Waals surface area contributed by atoms with Gasteiger partial charge in [0, 0.05) is 12.1 Å². The molecule has 0 atom stereocenters. The van der Waals surface area contributed by atoms with E-state index in [-0.39, 0.29) is 23.3 Å². The molecule has 88 valence electrons. The Morgan fingerprint density at radius 3 is 2.88 bits per heavy atom. The van der Waals surface area contributed by atoms with Crippen molar-refractivity contribution < 1.29 is 9.72 Å². The fraction of sp³-hybridized carbons (Fsp3) is 0.200. The Morgan fingerprint density at radius 1 is 1.59 bits per heavy atom. The Labute approximate surface area is 101 Å². The number of ketones is 1. The lowest BCUT2D eigenvalue weighted by Gasteiger charge is -2.01. The quantitative estimate of drug-likeness (QED) is 0.620. The van der Waals surface area contributed by atoms with Crippen LogP contribution in [0.5, 0.6) is 0 Å². The maximum atomic E-state index is 11.1. The van der Waals surface area contributed by atoms with Gasteiger partial charge >= 0.3 is 0 Å². The number of carbonyl (C=O) groups is 1. The normalized spacial score (nSPS) is 10.7. The predicted octanol–water partition coefficient (Wildman–Crippen LogP) is 2.19. The molecule has 1 aromatic heterocycles. The molecule has 17 heavy (non-hydrogen) atoms. The van der Waals surface area contributed by atoms with Crippen molar-refractivity contribution in [2.75, 3.05) is 0 Å². The average molecular weight is 254 g/mol. The minimum Gasteiger partial charge on any atom is -0.307 e. The van der Waals surface area contributed by atoms with Crippen molar-refractivity contribution in [3.8, 4) is 0 Å². The number of carbonyl (C=O) groups excluding carboxylic acids is 1. The fourth-order valence-corrected chi connectivity index (χ4v) is 1.81. The molecule has 0 N–H and O–H groups in total. The maximum Gasteiger partial charge on any atom is 0.271 e. The van der Waals surface area contributed by atoms with Gasteiger partial charge in [0.15, 0.2) is 0 Å². The third kappa shape index (κ3) is 2.12. The average Bonchev–Trinajstić information content (AvgIpc) is 2.54. The van der Waals surface area contributed by atoms with Crippen LogP contribution in [0, 0.1) is 10.1 Å². The molecular weight excluding hydrogens is 246 g/mol. The molecule has 2 aromatic rings. The summed E-state index contributed by atoms with van der Waals surface area (Å²) in [5, 5.41) is 10.8. The molecule has 0 saturated carbocycles. The molecule has 0 radical (unpaired) electrons. The van der Waals surface area contributed by atoms with Gasteiger partial charge in [-0.1, -0.05) is 0 Å². The number of fused-ring (bicyclic) bond motifs is 1. The standard InChI is InChI=1S/C10H8ClN3O3/c1-6(15)5-13-9-4-7(14(16)17)2-3-8(9)12-10(13)11/h2-4H,5H2,1H3. The Bertz CT molecular complexity index is 621. The first kappa shape index (κ1) is 11.5. The van der Waals surface area contributed by atoms with Crippen molar-refractivity contribution in [2.24, 2.45) is 0 Å². The molecule has 6 nitrogen and oxygen atoms in total. The highest BCUT2D eigenvalue weighted by Gasteiger charge is 2.14. The van der Waals surface area contributed by atoms with Crippen LogP contribution in [0.3, 0.4) is 0 Å². The molecule has 0 amide bonds. The van der Waals surface area contributed by atoms with E-state index in [0.717, 1.165) is 0 Å². The van der Waals surface area contributed by atoms with Crippen LogP contribution in [0.25, 0.3) is 11.0 Å². The topological polar surface area (TPSA) is 78.0 Å². The molecule has 1 heterocycles. The highest BCUT2D eigenvalue weighted by molar-refractivity contribution is 6.29. The molecular formula is C10H8ClN3O3. The molecule has 1 aromatic carbocycles. The lowest BCUT2D eigenvalue weighted by Crippen LogP contribution is -2.06. The zero-order chi connectivity index (χ0) is 12.6. The van der Waals surface area contributed by atoms with Crippen LogP contribution in [-0.4, -0.2) is 20.3 Å². The van der Waals surface area contributed by atoms with E-state index in [1.807, 2.05) is 0 Å². The lowest BCUT2D eigenvalue weighted by atomic mass is 10.2. The third-order valence-corrected chi connectivity index (χ3v) is 2.57. The summed E-state index contributed by atoms with van der Waals surface area (Å²) >= 11 is 5.87. The van der Waals surface area contributed by atoms with Gasteiger partial charge in [-0.05, 0) is 24.6 Å². The molecule has 0 spiro atoms. The first-order valence-corrected chi connectivity index (χ1v) is 5.16. The van der Waals surface area contributed by atoms with Gasteiger partial charge in [-0.15, -0.1) is 0 Å². The summed E-state index contributed by atoms with van der Waals surface area (Å²) in [4.78, 5) is 25.3. The summed E-state index contributed by atoms with van der Waals surface area (Å²) in [6.45, 7) is 1.47. The highest BCUT2D eigenvalue weighted by atomic mass is 35.5. The minimum absolute atomic E-state index is 0.0521. The summed E-state index contributed by atoms with van der Waals surface area (Å²) in [6.07, 6.45) is 0. The van der Waals surface area contributed by atoms with Crippen molar-refractivity contribution >= 4 is 34.1 Å². The van der Waals surface area contributed by atoms with Gasteiger partial charge < -0.3 is 4.57 Å². The van der Waals surface area contributed by atoms with Crippen molar-refractivity contribution in [3.63, 3.8) is 0 Å². The number of rotatable bonds is 3. The van der Waals surface area contributed by atoms with Crippen LogP contribution in [0.1, 0.15) is 6.92 Å². The van der Waals surface area contributed by atoms with Crippen LogP contribution in [0.4, 0.5) is 5.69 Å². The number of imidazole rings is 1. The van der Waals surface area contributed by atoms with Crippen LogP contribution < -0.4 is 0 Å². The Balaban J connectivity index is 2.64. The fourth-order valence-electron chi connectivity index (χ4n) is 1.57. The number of nitrogens with zero attached hydrogens (tertiary/aromatic N) is 3. The number of nitro groups is 1. The van der Waals surface area contributed by atoms with Gasteiger partial charge in [-0.25, -0.2) is 4.98 Å². The number of Topliss-reactive ketones (excluding diaryl/α,β-unsaturated/α-hetero) is 1. The highest BCUT2D eigenvalue weighted by Crippen LogP contribution is 2.24. The summed E-state index contributed by atoms with van der Waals surface area (Å²) < 4.78 is 1.45. The van der Waals surface area contributed by atoms with Gasteiger partial charge in [0.05, 0.1) is 22.5 Å². The van der Waals surface area contributed by atoms with E-state index >= 15 is 0 Å². The number of nitro benzene ring substituents is 1. The number of hydrogen-bond donors (Lipinski definition) is 0. The van der Waals surface area contributed by atoms with Gasteiger partial charge in [0.25, 0.3) is 5.69 Å². The summed E-state index contributed by atoms with van der Waals surface area (Å²) in [7, 11) is 0. The number of benzene rings is 1. The molecule has 0 unspecified atom stereocenters. The van der Waals surface area contributed by atoms with Crippen LogP contribution in [-0.2, 0) is 11.3 Å². The molecule has 7 heteroatoms. The Morgan fingerprint density at radius 2 is 2.29 bits per heavy atom. The second kappa shape index (κ2) is 4.14.